The SMILES string of the molecule is CCC[Si]1(CCC)c2ccc(-c3ccccn3)cc2-c2nc(-c3ccccc3O)ccc21. The third kappa shape index (κ3) is 3.26. The van der Waals surface area contributed by atoms with Gasteiger partial charge in [0.05, 0.1) is 17.1 Å². The maximum absolute atomic E-state index is 10.4. The summed E-state index contributed by atoms with van der Waals surface area (Å²) in [6.07, 6.45) is 4.20. The molecule has 2 aromatic heterocycles. The van der Waals surface area contributed by atoms with Gasteiger partial charge in [-0.1, -0.05) is 63.1 Å². The molecule has 32 heavy (non-hydrogen) atoms. The van der Waals surface area contributed by atoms with E-state index in [0.717, 1.165) is 28.2 Å². The summed E-state index contributed by atoms with van der Waals surface area (Å²) in [7, 11) is -1.88. The summed E-state index contributed by atoms with van der Waals surface area (Å²) in [5, 5.41) is 13.4. The first kappa shape index (κ1) is 20.6. The van der Waals surface area contributed by atoms with Crippen LogP contribution in [0.4, 0.5) is 0 Å². The molecule has 0 fully saturated rings. The lowest BCUT2D eigenvalue weighted by molar-refractivity contribution is 0.477. The number of phenolic OH excluding ortho intramolecular Hbond substituents is 1. The first-order valence-corrected chi connectivity index (χ1v) is 14.0. The Morgan fingerprint density at radius 3 is 2.22 bits per heavy atom. The number of para-hydroxylation sites is 1. The Bertz CT molecular complexity index is 1260. The minimum atomic E-state index is -1.88. The Hall–Kier alpha value is -3.24. The Kier molecular flexibility index (Phi) is 5.39. The first-order chi connectivity index (χ1) is 15.7. The molecule has 0 unspecified atom stereocenters. The van der Waals surface area contributed by atoms with Crippen LogP contribution in [0.25, 0.3) is 33.8 Å². The molecule has 3 nitrogen and oxygen atoms in total. The number of aromatic hydroxyl groups is 1. The van der Waals surface area contributed by atoms with E-state index in [0.29, 0.717) is 0 Å². The smallest absolute Gasteiger partial charge is 0.124 e. The van der Waals surface area contributed by atoms with E-state index in [1.54, 1.807) is 6.07 Å². The minimum Gasteiger partial charge on any atom is -0.507 e. The molecule has 1 N–H and O–H groups in total. The molecule has 0 bridgehead atoms. The van der Waals surface area contributed by atoms with Gasteiger partial charge in [-0.05, 0) is 58.9 Å². The summed E-state index contributed by atoms with van der Waals surface area (Å²) >= 11 is 0. The Labute approximate surface area is 190 Å². The van der Waals surface area contributed by atoms with Crippen molar-refractivity contribution in [3.8, 4) is 39.5 Å². The van der Waals surface area contributed by atoms with Gasteiger partial charge in [-0.3, -0.25) is 4.98 Å². The third-order valence-electron chi connectivity index (χ3n) is 6.70. The number of hydrogen-bond donors (Lipinski definition) is 1. The molecule has 0 saturated heterocycles. The van der Waals surface area contributed by atoms with E-state index >= 15 is 0 Å². The van der Waals surface area contributed by atoms with E-state index in [9.17, 15) is 5.11 Å². The second-order valence-corrected chi connectivity index (χ2v) is 12.9. The molecule has 0 radical (unpaired) electrons. The molecule has 0 amide bonds. The molecule has 0 aliphatic carbocycles. The van der Waals surface area contributed by atoms with E-state index in [-0.39, 0.29) is 5.75 Å². The molecule has 4 heteroatoms. The lowest BCUT2D eigenvalue weighted by Gasteiger charge is -2.29. The third-order valence-corrected chi connectivity index (χ3v) is 12.3. The summed E-state index contributed by atoms with van der Waals surface area (Å²) in [5.41, 5.74) is 6.08. The molecule has 3 heterocycles. The van der Waals surface area contributed by atoms with Gasteiger partial charge in [-0.15, -0.1) is 0 Å². The molecule has 160 valence electrons. The zero-order valence-electron chi connectivity index (χ0n) is 18.7. The van der Waals surface area contributed by atoms with E-state index in [1.165, 1.54) is 40.9 Å². The largest absolute Gasteiger partial charge is 0.507 e. The summed E-state index contributed by atoms with van der Waals surface area (Å²) in [6.45, 7) is 4.60. The number of phenols is 1. The predicted molar refractivity (Wildman–Crippen MR) is 135 cm³/mol. The molecule has 0 atom stereocenters. The number of pyridine rings is 2. The van der Waals surface area contributed by atoms with Crippen molar-refractivity contribution in [1.82, 2.24) is 9.97 Å². The highest BCUT2D eigenvalue weighted by molar-refractivity contribution is 7.05. The van der Waals surface area contributed by atoms with Crippen molar-refractivity contribution in [1.29, 1.82) is 0 Å². The van der Waals surface area contributed by atoms with E-state index < -0.39 is 8.07 Å². The fraction of sp³-hybridized carbons (Fsp3) is 0.214. The van der Waals surface area contributed by atoms with Crippen molar-refractivity contribution in [3.63, 3.8) is 0 Å². The van der Waals surface area contributed by atoms with Crippen LogP contribution in [-0.4, -0.2) is 23.1 Å². The van der Waals surface area contributed by atoms with Crippen molar-refractivity contribution in [2.24, 2.45) is 0 Å². The summed E-state index contributed by atoms with van der Waals surface area (Å²) in [5.74, 6) is 0.269. The highest BCUT2D eigenvalue weighted by Crippen LogP contribution is 2.37. The topological polar surface area (TPSA) is 46.0 Å². The lowest BCUT2D eigenvalue weighted by atomic mass is 10.0. The molecule has 1 aliphatic heterocycles. The van der Waals surface area contributed by atoms with Crippen LogP contribution in [-0.2, 0) is 0 Å². The average Bonchev–Trinajstić information content (AvgIpc) is 3.09. The van der Waals surface area contributed by atoms with Crippen molar-refractivity contribution in [2.75, 3.05) is 0 Å². The Morgan fingerprint density at radius 1 is 0.750 bits per heavy atom. The number of aromatic nitrogens is 2. The molecular formula is C28H28N2OSi. The maximum atomic E-state index is 10.4. The van der Waals surface area contributed by atoms with Gasteiger partial charge in [-0.25, -0.2) is 4.98 Å². The van der Waals surface area contributed by atoms with Gasteiger partial charge < -0.3 is 5.11 Å². The van der Waals surface area contributed by atoms with Crippen molar-refractivity contribution < 1.29 is 5.11 Å². The first-order valence-electron chi connectivity index (χ1n) is 11.5. The summed E-state index contributed by atoms with van der Waals surface area (Å²) in [6, 6.07) is 27.3. The van der Waals surface area contributed by atoms with Crippen molar-refractivity contribution in [3.05, 3.63) is 79.0 Å². The van der Waals surface area contributed by atoms with Crippen LogP contribution >= 0.6 is 0 Å². The number of rotatable bonds is 6. The van der Waals surface area contributed by atoms with Crippen LogP contribution in [0.15, 0.2) is 79.0 Å². The monoisotopic (exact) mass is 436 g/mol. The van der Waals surface area contributed by atoms with Crippen LogP contribution in [0.1, 0.15) is 26.7 Å². The average molecular weight is 437 g/mol. The molecule has 0 saturated carbocycles. The lowest BCUT2D eigenvalue weighted by Crippen LogP contribution is -2.54. The molecular weight excluding hydrogens is 408 g/mol. The number of benzene rings is 2. The predicted octanol–water partition coefficient (Wildman–Crippen LogP) is 5.88. The van der Waals surface area contributed by atoms with Crippen molar-refractivity contribution >= 4 is 18.4 Å². The Balaban J connectivity index is 1.75. The Morgan fingerprint density at radius 2 is 1.50 bits per heavy atom. The summed E-state index contributed by atoms with van der Waals surface area (Å²) in [4.78, 5) is 9.75. The second-order valence-electron chi connectivity index (χ2n) is 8.67. The van der Waals surface area contributed by atoms with E-state index in [2.05, 4.69) is 55.2 Å². The fourth-order valence-electron chi connectivity index (χ4n) is 5.40. The zero-order valence-corrected chi connectivity index (χ0v) is 19.7. The molecule has 1 aliphatic rings. The van der Waals surface area contributed by atoms with Gasteiger partial charge in [0.2, 0.25) is 0 Å². The normalized spacial score (nSPS) is 13.6. The van der Waals surface area contributed by atoms with Crippen molar-refractivity contribution in [2.45, 2.75) is 38.8 Å². The second kappa shape index (κ2) is 8.36. The highest BCUT2D eigenvalue weighted by Gasteiger charge is 2.45. The van der Waals surface area contributed by atoms with Gasteiger partial charge in [0.25, 0.3) is 0 Å². The van der Waals surface area contributed by atoms with Gasteiger partial charge in [0.15, 0.2) is 0 Å². The van der Waals surface area contributed by atoms with Gasteiger partial charge in [-0.2, -0.15) is 0 Å². The van der Waals surface area contributed by atoms with Crippen LogP contribution in [0, 0.1) is 0 Å². The van der Waals surface area contributed by atoms with Crippen LogP contribution < -0.4 is 10.4 Å². The standard InChI is InChI=1S/C28H28N2OSi/c1-3-17-32(18-4-2)26-14-12-20(23-10-7-8-16-29-23)19-22(26)28-27(32)15-13-24(30-28)21-9-5-6-11-25(21)31/h5-16,19,31H,3-4,17-18H2,1-2H3. The number of fused-ring (bicyclic) bond motifs is 3. The van der Waals surface area contributed by atoms with Gasteiger partial charge >= 0.3 is 0 Å². The van der Waals surface area contributed by atoms with Gasteiger partial charge in [0.1, 0.15) is 13.8 Å². The fourth-order valence-corrected chi connectivity index (χ4v) is 10.9. The van der Waals surface area contributed by atoms with Crippen LogP contribution in [0.2, 0.25) is 12.1 Å². The minimum absolute atomic E-state index is 0.269. The summed E-state index contributed by atoms with van der Waals surface area (Å²) < 4.78 is 0. The van der Waals surface area contributed by atoms with E-state index in [4.69, 9.17) is 4.98 Å². The van der Waals surface area contributed by atoms with Gasteiger partial charge in [0, 0.05) is 22.9 Å². The number of hydrogen-bond acceptors (Lipinski definition) is 3. The molecule has 4 aromatic rings. The molecule has 2 aromatic carbocycles. The quantitative estimate of drug-likeness (QED) is 0.384. The van der Waals surface area contributed by atoms with Crippen LogP contribution in [0.5, 0.6) is 5.75 Å². The van der Waals surface area contributed by atoms with E-state index in [1.807, 2.05) is 36.5 Å². The zero-order chi connectivity index (χ0) is 22.1. The highest BCUT2D eigenvalue weighted by atomic mass is 28.3. The molecule has 5 rings (SSSR count). The molecule has 0 spiro atoms. The number of nitrogens with zero attached hydrogens (tertiary/aromatic N) is 2. The van der Waals surface area contributed by atoms with Crippen LogP contribution in [0.3, 0.4) is 0 Å². The maximum Gasteiger partial charge on any atom is 0.124 e.